The zero-order valence-corrected chi connectivity index (χ0v) is 8.02. The fourth-order valence-corrected chi connectivity index (χ4v) is 1.10. The molecule has 1 N–H and O–H groups in total. The lowest BCUT2D eigenvalue weighted by Crippen LogP contribution is -2.21. The van der Waals surface area contributed by atoms with E-state index in [0.717, 1.165) is 0 Å². The van der Waals surface area contributed by atoms with E-state index in [1.54, 1.807) is 24.3 Å². The lowest BCUT2D eigenvalue weighted by atomic mass is 10.1. The van der Waals surface area contributed by atoms with Crippen LogP contribution >= 0.6 is 0 Å². The standard InChI is InChI=1S/C11H11FO3/c1-2-5-8-6-3-4-7-9(8)15-10(12)11(13)14/h2-4,6-7,10H,1,5H2,(H,13,14). The van der Waals surface area contributed by atoms with Gasteiger partial charge in [0.1, 0.15) is 5.75 Å². The number of halogens is 1. The third kappa shape index (κ3) is 3.09. The van der Waals surface area contributed by atoms with Gasteiger partial charge in [-0.3, -0.25) is 0 Å². The fourth-order valence-electron chi connectivity index (χ4n) is 1.10. The van der Waals surface area contributed by atoms with Crippen LogP contribution in [0, 0.1) is 0 Å². The molecule has 0 aromatic heterocycles. The first kappa shape index (κ1) is 11.2. The molecule has 0 heterocycles. The van der Waals surface area contributed by atoms with Crippen LogP contribution in [0.15, 0.2) is 36.9 Å². The second-order valence-electron chi connectivity index (χ2n) is 2.87. The highest BCUT2D eigenvalue weighted by Crippen LogP contribution is 2.20. The van der Waals surface area contributed by atoms with Crippen LogP contribution in [-0.2, 0) is 11.2 Å². The maximum Gasteiger partial charge on any atom is 0.378 e. The third-order valence-electron chi connectivity index (χ3n) is 1.76. The van der Waals surface area contributed by atoms with E-state index in [1.165, 1.54) is 6.07 Å². The van der Waals surface area contributed by atoms with Gasteiger partial charge in [0.05, 0.1) is 0 Å². The van der Waals surface area contributed by atoms with Gasteiger partial charge in [0.25, 0.3) is 0 Å². The predicted molar refractivity (Wildman–Crippen MR) is 53.5 cm³/mol. The Kier molecular flexibility index (Phi) is 3.85. The van der Waals surface area contributed by atoms with Crippen LogP contribution in [0.25, 0.3) is 0 Å². The summed E-state index contributed by atoms with van der Waals surface area (Å²) in [5.74, 6) is -1.41. The molecule has 0 aliphatic carbocycles. The molecule has 1 aromatic rings. The van der Waals surface area contributed by atoms with Gasteiger partial charge in [0, 0.05) is 0 Å². The summed E-state index contributed by atoms with van der Waals surface area (Å²) >= 11 is 0. The molecule has 0 saturated carbocycles. The van der Waals surface area contributed by atoms with Crippen molar-refractivity contribution in [3.63, 3.8) is 0 Å². The average molecular weight is 210 g/mol. The molecular formula is C11H11FO3. The monoisotopic (exact) mass is 210 g/mol. The van der Waals surface area contributed by atoms with E-state index in [0.29, 0.717) is 12.0 Å². The van der Waals surface area contributed by atoms with E-state index < -0.39 is 12.3 Å². The summed E-state index contributed by atoms with van der Waals surface area (Å²) in [4.78, 5) is 10.3. The highest BCUT2D eigenvalue weighted by molar-refractivity contribution is 5.71. The Balaban J connectivity index is 2.83. The number of hydrogen-bond acceptors (Lipinski definition) is 2. The average Bonchev–Trinajstić information content (AvgIpc) is 2.21. The predicted octanol–water partition coefficient (Wildman–Crippen LogP) is 2.17. The summed E-state index contributed by atoms with van der Waals surface area (Å²) in [7, 11) is 0. The number of allylic oxidation sites excluding steroid dienone is 1. The number of carbonyl (C=O) groups is 1. The van der Waals surface area contributed by atoms with Crippen molar-refractivity contribution in [1.82, 2.24) is 0 Å². The molecular weight excluding hydrogens is 199 g/mol. The normalized spacial score (nSPS) is 11.8. The van der Waals surface area contributed by atoms with Gasteiger partial charge < -0.3 is 9.84 Å². The van der Waals surface area contributed by atoms with Crippen molar-refractivity contribution < 1.29 is 19.0 Å². The van der Waals surface area contributed by atoms with E-state index in [1.807, 2.05) is 0 Å². The number of rotatable bonds is 5. The first-order valence-corrected chi connectivity index (χ1v) is 4.37. The number of ether oxygens (including phenoxy) is 1. The van der Waals surface area contributed by atoms with Crippen molar-refractivity contribution in [2.45, 2.75) is 12.8 Å². The molecule has 3 nitrogen and oxygen atoms in total. The molecule has 0 amide bonds. The van der Waals surface area contributed by atoms with Gasteiger partial charge >= 0.3 is 12.3 Å². The summed E-state index contributed by atoms with van der Waals surface area (Å²) in [6.45, 7) is 3.55. The van der Waals surface area contributed by atoms with Gasteiger partial charge in [0.15, 0.2) is 0 Å². The molecule has 15 heavy (non-hydrogen) atoms. The lowest BCUT2D eigenvalue weighted by Gasteiger charge is -2.10. The van der Waals surface area contributed by atoms with Crippen molar-refractivity contribution in [3.05, 3.63) is 42.5 Å². The minimum Gasteiger partial charge on any atom is -0.476 e. The quantitative estimate of drug-likeness (QED) is 0.757. The van der Waals surface area contributed by atoms with Crippen LogP contribution in [0.2, 0.25) is 0 Å². The molecule has 0 bridgehead atoms. The van der Waals surface area contributed by atoms with Crippen LogP contribution in [0.1, 0.15) is 5.56 Å². The molecule has 80 valence electrons. The molecule has 4 heteroatoms. The summed E-state index contributed by atoms with van der Waals surface area (Å²) in [6, 6.07) is 6.66. The summed E-state index contributed by atoms with van der Waals surface area (Å²) in [5, 5.41) is 8.34. The molecule has 1 atom stereocenters. The number of para-hydroxylation sites is 1. The second kappa shape index (κ2) is 5.14. The Labute approximate surface area is 86.8 Å². The number of hydrogen-bond donors (Lipinski definition) is 1. The lowest BCUT2D eigenvalue weighted by molar-refractivity contribution is -0.153. The summed E-state index contributed by atoms with van der Waals surface area (Å²) in [6.07, 6.45) is -0.199. The minimum absolute atomic E-state index is 0.229. The molecule has 1 aromatic carbocycles. The molecule has 0 aliphatic heterocycles. The molecule has 0 fully saturated rings. The van der Waals surface area contributed by atoms with Gasteiger partial charge in [-0.2, -0.15) is 4.39 Å². The number of carboxylic acids is 1. The topological polar surface area (TPSA) is 46.5 Å². The van der Waals surface area contributed by atoms with Gasteiger partial charge in [-0.1, -0.05) is 24.3 Å². The van der Waals surface area contributed by atoms with Crippen molar-refractivity contribution >= 4 is 5.97 Å². The van der Waals surface area contributed by atoms with Gasteiger partial charge in [0.2, 0.25) is 0 Å². The number of carboxylic acid groups (broad SMARTS) is 1. The molecule has 1 unspecified atom stereocenters. The summed E-state index contributed by atoms with van der Waals surface area (Å²) < 4.78 is 17.4. The van der Waals surface area contributed by atoms with Gasteiger partial charge in [-0.15, -0.1) is 6.58 Å². The minimum atomic E-state index is -2.34. The van der Waals surface area contributed by atoms with Crippen LogP contribution in [0.5, 0.6) is 5.75 Å². The Hall–Kier alpha value is -1.84. The van der Waals surface area contributed by atoms with E-state index in [4.69, 9.17) is 5.11 Å². The Bertz CT molecular complexity index is 363. The van der Waals surface area contributed by atoms with Gasteiger partial charge in [-0.25, -0.2) is 4.79 Å². The van der Waals surface area contributed by atoms with Crippen LogP contribution in [0.4, 0.5) is 4.39 Å². The van der Waals surface area contributed by atoms with Crippen LogP contribution in [-0.4, -0.2) is 17.4 Å². The van der Waals surface area contributed by atoms with E-state index >= 15 is 0 Å². The smallest absolute Gasteiger partial charge is 0.378 e. The first-order valence-electron chi connectivity index (χ1n) is 4.37. The van der Waals surface area contributed by atoms with Crippen molar-refractivity contribution in [3.8, 4) is 5.75 Å². The Morgan fingerprint density at radius 1 is 1.60 bits per heavy atom. The molecule has 0 saturated heterocycles. The number of benzene rings is 1. The number of aliphatic carboxylic acids is 1. The van der Waals surface area contributed by atoms with Gasteiger partial charge in [-0.05, 0) is 18.1 Å². The first-order chi connectivity index (χ1) is 7.15. The van der Waals surface area contributed by atoms with Crippen LogP contribution in [0.3, 0.4) is 0 Å². The molecule has 0 spiro atoms. The Morgan fingerprint density at radius 3 is 2.87 bits per heavy atom. The van der Waals surface area contributed by atoms with Crippen LogP contribution < -0.4 is 4.74 Å². The summed E-state index contributed by atoms with van der Waals surface area (Å²) in [5.41, 5.74) is 0.705. The molecule has 0 aliphatic rings. The van der Waals surface area contributed by atoms with E-state index in [-0.39, 0.29) is 5.75 Å². The zero-order valence-electron chi connectivity index (χ0n) is 8.02. The SMILES string of the molecule is C=CCc1ccccc1OC(F)C(=O)O. The largest absolute Gasteiger partial charge is 0.476 e. The maximum absolute atomic E-state index is 12.8. The second-order valence-corrected chi connectivity index (χ2v) is 2.87. The molecule has 0 radical (unpaired) electrons. The Morgan fingerprint density at radius 2 is 2.27 bits per heavy atom. The van der Waals surface area contributed by atoms with E-state index in [9.17, 15) is 9.18 Å². The van der Waals surface area contributed by atoms with Crippen molar-refractivity contribution in [2.24, 2.45) is 0 Å². The highest BCUT2D eigenvalue weighted by Gasteiger charge is 2.18. The third-order valence-corrected chi connectivity index (χ3v) is 1.76. The highest BCUT2D eigenvalue weighted by atomic mass is 19.1. The maximum atomic E-state index is 12.8. The van der Waals surface area contributed by atoms with Crippen molar-refractivity contribution in [2.75, 3.05) is 0 Å². The fraction of sp³-hybridized carbons (Fsp3) is 0.182. The zero-order chi connectivity index (χ0) is 11.3. The molecule has 1 rings (SSSR count). The van der Waals surface area contributed by atoms with Crippen molar-refractivity contribution in [1.29, 1.82) is 0 Å². The number of alkyl halides is 1. The van der Waals surface area contributed by atoms with E-state index in [2.05, 4.69) is 11.3 Å².